The molecular formula is C21H31N5O3. The summed E-state index contributed by atoms with van der Waals surface area (Å²) in [6.07, 6.45) is 0.580. The van der Waals surface area contributed by atoms with Crippen LogP contribution < -0.4 is 10.6 Å². The molecule has 2 N–H and O–H groups in total. The van der Waals surface area contributed by atoms with E-state index in [9.17, 15) is 9.59 Å². The lowest BCUT2D eigenvalue weighted by molar-refractivity contribution is -0.130. The third-order valence-corrected chi connectivity index (χ3v) is 4.99. The monoisotopic (exact) mass is 401 g/mol. The average Bonchev–Trinajstić information content (AvgIpc) is 2.64. The van der Waals surface area contributed by atoms with E-state index in [1.165, 1.54) is 11.1 Å². The van der Waals surface area contributed by atoms with Gasteiger partial charge in [-0.2, -0.15) is 0 Å². The van der Waals surface area contributed by atoms with E-state index >= 15 is 0 Å². The van der Waals surface area contributed by atoms with E-state index in [1.807, 2.05) is 37.8 Å². The molecule has 2 heterocycles. The third kappa shape index (κ3) is 5.62. The molecule has 0 aromatic heterocycles. The first kappa shape index (κ1) is 21.0. The highest BCUT2D eigenvalue weighted by Crippen LogP contribution is 2.18. The number of amides is 2. The van der Waals surface area contributed by atoms with E-state index in [0.29, 0.717) is 25.6 Å². The number of ether oxygens (including phenoxy) is 1. The molecule has 2 aliphatic rings. The van der Waals surface area contributed by atoms with Gasteiger partial charge in [-0.05, 0) is 38.3 Å². The Morgan fingerprint density at radius 2 is 1.86 bits per heavy atom. The Kier molecular flexibility index (Phi) is 6.30. The van der Waals surface area contributed by atoms with E-state index in [0.717, 1.165) is 13.0 Å². The first-order chi connectivity index (χ1) is 13.7. The number of hydrogen-bond acceptors (Lipinski definition) is 4. The normalized spacial score (nSPS) is 17.3. The molecule has 2 aliphatic heterocycles. The topological polar surface area (TPSA) is 86.3 Å². The average molecular weight is 402 g/mol. The Labute approximate surface area is 172 Å². The number of hydrogen-bond donors (Lipinski definition) is 2. The molecule has 0 radical (unpaired) electrons. The first-order valence-corrected chi connectivity index (χ1v) is 10.0. The van der Waals surface area contributed by atoms with E-state index in [2.05, 4.69) is 27.8 Å². The number of nitrogens with one attached hydrogen (secondary N) is 2. The van der Waals surface area contributed by atoms with E-state index in [4.69, 9.17) is 4.74 Å². The Morgan fingerprint density at radius 3 is 2.52 bits per heavy atom. The van der Waals surface area contributed by atoms with Crippen LogP contribution in [0.1, 0.15) is 31.9 Å². The highest BCUT2D eigenvalue weighted by atomic mass is 16.6. The van der Waals surface area contributed by atoms with E-state index in [1.54, 1.807) is 11.9 Å². The van der Waals surface area contributed by atoms with Crippen molar-refractivity contribution in [1.82, 2.24) is 20.4 Å². The predicted molar refractivity (Wildman–Crippen MR) is 112 cm³/mol. The van der Waals surface area contributed by atoms with Crippen molar-refractivity contribution < 1.29 is 14.3 Å². The van der Waals surface area contributed by atoms with Crippen molar-refractivity contribution in [2.45, 2.75) is 45.4 Å². The number of likely N-dealkylation sites (tertiary alicyclic amines) is 1. The maximum Gasteiger partial charge on any atom is 0.410 e. The van der Waals surface area contributed by atoms with Gasteiger partial charge in [0.2, 0.25) is 5.91 Å². The van der Waals surface area contributed by atoms with Crippen molar-refractivity contribution in [3.63, 3.8) is 0 Å². The first-order valence-electron chi connectivity index (χ1n) is 10.0. The zero-order chi connectivity index (χ0) is 21.0. The van der Waals surface area contributed by atoms with Crippen LogP contribution in [0.15, 0.2) is 29.3 Å². The van der Waals surface area contributed by atoms with Gasteiger partial charge in [0.25, 0.3) is 0 Å². The van der Waals surface area contributed by atoms with Crippen LogP contribution >= 0.6 is 0 Å². The van der Waals surface area contributed by atoms with Crippen molar-refractivity contribution >= 4 is 18.0 Å². The van der Waals surface area contributed by atoms with Gasteiger partial charge >= 0.3 is 6.09 Å². The molecule has 8 nitrogen and oxygen atoms in total. The lowest BCUT2D eigenvalue weighted by Crippen LogP contribution is -2.63. The molecule has 2 amide bonds. The fourth-order valence-electron chi connectivity index (χ4n) is 3.41. The molecule has 3 rings (SSSR count). The molecule has 8 heteroatoms. The van der Waals surface area contributed by atoms with Gasteiger partial charge in [0.15, 0.2) is 5.96 Å². The number of aliphatic imine (C=N–C) groups is 1. The van der Waals surface area contributed by atoms with Crippen molar-refractivity contribution in [2.24, 2.45) is 4.99 Å². The Morgan fingerprint density at radius 1 is 1.17 bits per heavy atom. The summed E-state index contributed by atoms with van der Waals surface area (Å²) in [5.41, 5.74) is 2.04. The van der Waals surface area contributed by atoms with E-state index < -0.39 is 5.60 Å². The van der Waals surface area contributed by atoms with Crippen LogP contribution in [-0.4, -0.2) is 72.6 Å². The van der Waals surface area contributed by atoms with Gasteiger partial charge < -0.3 is 25.2 Å². The number of benzene rings is 1. The summed E-state index contributed by atoms with van der Waals surface area (Å²) in [4.78, 5) is 32.3. The summed E-state index contributed by atoms with van der Waals surface area (Å²) >= 11 is 0. The van der Waals surface area contributed by atoms with Gasteiger partial charge in [-0.15, -0.1) is 0 Å². The molecular weight excluding hydrogens is 370 g/mol. The van der Waals surface area contributed by atoms with Crippen molar-refractivity contribution in [3.8, 4) is 0 Å². The summed E-state index contributed by atoms with van der Waals surface area (Å²) in [6, 6.07) is 8.34. The summed E-state index contributed by atoms with van der Waals surface area (Å²) in [6.45, 7) is 8.22. The molecule has 29 heavy (non-hydrogen) atoms. The largest absolute Gasteiger partial charge is 0.444 e. The van der Waals surface area contributed by atoms with Crippen LogP contribution in [0.3, 0.4) is 0 Å². The molecule has 0 bridgehead atoms. The molecule has 1 saturated heterocycles. The Balaban J connectivity index is 1.40. The zero-order valence-corrected chi connectivity index (χ0v) is 17.7. The van der Waals surface area contributed by atoms with Crippen LogP contribution in [0.25, 0.3) is 0 Å². The second-order valence-corrected chi connectivity index (χ2v) is 8.49. The van der Waals surface area contributed by atoms with Gasteiger partial charge in [0.05, 0.1) is 12.6 Å². The minimum Gasteiger partial charge on any atom is -0.444 e. The number of nitrogens with zero attached hydrogens (tertiary/aromatic N) is 3. The highest BCUT2D eigenvalue weighted by molar-refractivity contribution is 5.87. The van der Waals surface area contributed by atoms with Gasteiger partial charge in [0.1, 0.15) is 5.60 Å². The summed E-state index contributed by atoms with van der Waals surface area (Å²) in [5, 5.41) is 6.33. The molecule has 0 atom stereocenters. The van der Waals surface area contributed by atoms with Crippen LogP contribution in [0.5, 0.6) is 0 Å². The number of guanidine groups is 1. The van der Waals surface area contributed by atoms with Crippen molar-refractivity contribution in [3.05, 3.63) is 35.4 Å². The minimum atomic E-state index is -0.498. The summed E-state index contributed by atoms with van der Waals surface area (Å²) < 4.78 is 5.36. The highest BCUT2D eigenvalue weighted by Gasteiger charge is 2.34. The lowest BCUT2D eigenvalue weighted by atomic mass is 10.00. The number of carbonyl (C=O) groups excluding carboxylic acids is 2. The number of rotatable bonds is 3. The molecule has 158 valence electrons. The molecule has 1 fully saturated rings. The second-order valence-electron chi connectivity index (χ2n) is 8.49. The maximum absolute atomic E-state index is 12.6. The maximum atomic E-state index is 12.6. The van der Waals surface area contributed by atoms with Crippen molar-refractivity contribution in [2.75, 3.05) is 33.2 Å². The summed E-state index contributed by atoms with van der Waals surface area (Å²) in [5.74, 6) is 0.607. The zero-order valence-electron chi connectivity index (χ0n) is 17.7. The van der Waals surface area contributed by atoms with Crippen LogP contribution in [0, 0.1) is 0 Å². The van der Waals surface area contributed by atoms with Gasteiger partial charge in [0, 0.05) is 33.2 Å². The Bertz CT molecular complexity index is 781. The standard InChI is InChI=1S/C21H31N5O3/c1-21(2,3)29-20(28)26-13-17(14-26)24-19(22-4)23-11-18(27)25-10-9-15-7-5-6-8-16(15)12-25/h5-8,17H,9-14H2,1-4H3,(H2,22,23,24). The molecule has 0 spiro atoms. The fraction of sp³-hybridized carbons (Fsp3) is 0.571. The number of carbonyl (C=O) groups is 2. The predicted octanol–water partition coefficient (Wildman–Crippen LogP) is 1.36. The molecule has 0 unspecified atom stereocenters. The number of fused-ring (bicyclic) bond motifs is 1. The third-order valence-electron chi connectivity index (χ3n) is 4.99. The lowest BCUT2D eigenvalue weighted by Gasteiger charge is -2.40. The molecule has 1 aromatic rings. The van der Waals surface area contributed by atoms with Crippen LogP contribution in [-0.2, 0) is 22.5 Å². The SMILES string of the molecule is CN=C(NCC(=O)N1CCc2ccccc2C1)NC1CN(C(=O)OC(C)(C)C)C1. The fourth-order valence-corrected chi connectivity index (χ4v) is 3.41. The molecule has 0 saturated carbocycles. The summed E-state index contributed by atoms with van der Waals surface area (Å²) in [7, 11) is 1.67. The quantitative estimate of drug-likeness (QED) is 0.590. The second kappa shape index (κ2) is 8.71. The van der Waals surface area contributed by atoms with E-state index in [-0.39, 0.29) is 24.6 Å². The minimum absolute atomic E-state index is 0.0476. The Hall–Kier alpha value is -2.77. The van der Waals surface area contributed by atoms with Gasteiger partial charge in [-0.25, -0.2) is 4.79 Å². The van der Waals surface area contributed by atoms with Crippen LogP contribution in [0.2, 0.25) is 0 Å². The van der Waals surface area contributed by atoms with Crippen LogP contribution in [0.4, 0.5) is 4.79 Å². The van der Waals surface area contributed by atoms with Crippen molar-refractivity contribution in [1.29, 1.82) is 0 Å². The molecule has 0 aliphatic carbocycles. The smallest absolute Gasteiger partial charge is 0.410 e. The van der Waals surface area contributed by atoms with Gasteiger partial charge in [-0.1, -0.05) is 24.3 Å². The molecule has 1 aromatic carbocycles. The van der Waals surface area contributed by atoms with Gasteiger partial charge in [-0.3, -0.25) is 9.79 Å².